The molecule has 0 heterocycles. The molecule has 0 aliphatic rings. The zero-order chi connectivity index (χ0) is 34.1. The van der Waals surface area contributed by atoms with E-state index in [9.17, 15) is 27.6 Å². The Morgan fingerprint density at radius 1 is 0.681 bits per heavy atom. The molecule has 7 nitrogen and oxygen atoms in total. The first-order valence-corrected chi connectivity index (χ1v) is 15.2. The molecule has 0 aliphatic heterocycles. The van der Waals surface area contributed by atoms with Crippen LogP contribution in [0.1, 0.15) is 55.0 Å². The average molecular weight is 646 g/mol. The summed E-state index contributed by atoms with van der Waals surface area (Å²) in [6.45, 7) is 5.07. The first kappa shape index (κ1) is 34.7. The quantitative estimate of drug-likeness (QED) is 0.157. The fourth-order valence-corrected chi connectivity index (χ4v) is 5.20. The van der Waals surface area contributed by atoms with E-state index in [1.165, 1.54) is 12.1 Å². The zero-order valence-electron chi connectivity index (χ0n) is 26.4. The Balaban J connectivity index is 1.59. The third-order valence-electron chi connectivity index (χ3n) is 7.34. The second-order valence-corrected chi connectivity index (χ2v) is 12.0. The summed E-state index contributed by atoms with van der Waals surface area (Å²) in [5.74, 6) is -1.18. The van der Waals surface area contributed by atoms with Crippen LogP contribution in [-0.4, -0.2) is 36.1 Å². The van der Waals surface area contributed by atoms with Crippen LogP contribution in [0.25, 0.3) is 0 Å². The second kappa shape index (κ2) is 15.0. The monoisotopic (exact) mass is 645 g/mol. The van der Waals surface area contributed by atoms with Crippen molar-refractivity contribution in [3.8, 4) is 0 Å². The van der Waals surface area contributed by atoms with Crippen molar-refractivity contribution in [2.24, 2.45) is 0 Å². The number of hydrogen-bond donors (Lipinski definition) is 3. The van der Waals surface area contributed by atoms with E-state index >= 15 is 0 Å². The Morgan fingerprint density at radius 3 is 1.57 bits per heavy atom. The number of benzene rings is 4. The largest absolute Gasteiger partial charge is 0.444 e. The van der Waals surface area contributed by atoms with Gasteiger partial charge in [-0.2, -0.15) is 13.2 Å². The normalized spacial score (nSPS) is 12.5. The summed E-state index contributed by atoms with van der Waals surface area (Å²) in [7, 11) is 0. The molecule has 10 heteroatoms. The summed E-state index contributed by atoms with van der Waals surface area (Å²) < 4.78 is 44.2. The molecule has 1 atom stereocenters. The topological polar surface area (TPSA) is 96.5 Å². The maximum atomic E-state index is 14.0. The van der Waals surface area contributed by atoms with E-state index in [4.69, 9.17) is 4.74 Å². The van der Waals surface area contributed by atoms with Crippen LogP contribution in [0, 0.1) is 0 Å². The number of amides is 3. The molecular weight excluding hydrogens is 607 g/mol. The standard InChI is InChI=1S/C37H38F3N3O4/c1-35(2,3)47-34(46)42-31(33(45)41-24-23-26-19-21-30(22-20-26)37(38,39)40)25-32(44)43-36(27-13-7-4-8-14-27,28-15-9-5-10-16-28)29-17-11-6-12-18-29/h4-22,31H,23-25H2,1-3H3,(H,41,45)(H,42,46)(H,43,44)/t31-/m1/s1. The van der Waals surface area contributed by atoms with Gasteiger partial charge in [0.25, 0.3) is 0 Å². The van der Waals surface area contributed by atoms with Crippen molar-refractivity contribution in [3.05, 3.63) is 143 Å². The van der Waals surface area contributed by atoms with Gasteiger partial charge in [-0.3, -0.25) is 9.59 Å². The first-order chi connectivity index (χ1) is 22.3. The molecule has 0 saturated heterocycles. The van der Waals surface area contributed by atoms with Crippen LogP contribution in [0.3, 0.4) is 0 Å². The number of halogens is 3. The number of nitrogens with one attached hydrogen (secondary N) is 3. The maximum Gasteiger partial charge on any atom is 0.416 e. The molecule has 4 aromatic carbocycles. The van der Waals surface area contributed by atoms with Crippen LogP contribution in [-0.2, 0) is 32.5 Å². The van der Waals surface area contributed by atoms with E-state index < -0.39 is 53.2 Å². The van der Waals surface area contributed by atoms with E-state index in [1.807, 2.05) is 91.0 Å². The molecule has 0 aliphatic carbocycles. The zero-order valence-corrected chi connectivity index (χ0v) is 26.4. The van der Waals surface area contributed by atoms with Crippen LogP contribution >= 0.6 is 0 Å². The maximum absolute atomic E-state index is 14.0. The predicted molar refractivity (Wildman–Crippen MR) is 173 cm³/mol. The fraction of sp³-hybridized carbons (Fsp3) is 0.270. The second-order valence-electron chi connectivity index (χ2n) is 12.0. The van der Waals surface area contributed by atoms with Gasteiger partial charge in [0.1, 0.15) is 17.2 Å². The van der Waals surface area contributed by atoms with Crippen LogP contribution in [0.2, 0.25) is 0 Å². The summed E-state index contributed by atoms with van der Waals surface area (Å²) in [5, 5.41) is 8.40. The molecule has 0 fully saturated rings. The van der Waals surface area contributed by atoms with Gasteiger partial charge in [0.15, 0.2) is 0 Å². The van der Waals surface area contributed by atoms with E-state index in [0.717, 1.165) is 28.8 Å². The Kier molecular flexibility index (Phi) is 11.1. The number of carbonyl (C=O) groups is 3. The van der Waals surface area contributed by atoms with Crippen LogP contribution in [0.4, 0.5) is 18.0 Å². The molecule has 0 radical (unpaired) electrons. The number of alkyl carbamates (subject to hydrolysis) is 1. The van der Waals surface area contributed by atoms with Crippen molar-refractivity contribution in [1.82, 2.24) is 16.0 Å². The van der Waals surface area contributed by atoms with Crippen LogP contribution in [0.5, 0.6) is 0 Å². The van der Waals surface area contributed by atoms with Gasteiger partial charge in [0.05, 0.1) is 12.0 Å². The Morgan fingerprint density at radius 2 is 1.15 bits per heavy atom. The molecular formula is C37H38F3N3O4. The lowest BCUT2D eigenvalue weighted by atomic mass is 9.77. The number of carbonyl (C=O) groups excluding carboxylic acids is 3. The third kappa shape index (κ3) is 9.45. The van der Waals surface area contributed by atoms with Crippen molar-refractivity contribution in [2.45, 2.75) is 57.0 Å². The van der Waals surface area contributed by atoms with Gasteiger partial charge >= 0.3 is 12.3 Å². The van der Waals surface area contributed by atoms with Crippen molar-refractivity contribution < 1.29 is 32.3 Å². The molecule has 0 spiro atoms. The number of alkyl halides is 3. The van der Waals surface area contributed by atoms with Crippen molar-refractivity contribution >= 4 is 17.9 Å². The van der Waals surface area contributed by atoms with E-state index in [2.05, 4.69) is 16.0 Å². The molecule has 0 unspecified atom stereocenters. The molecule has 0 bridgehead atoms. The lowest BCUT2D eigenvalue weighted by Crippen LogP contribution is -2.53. The first-order valence-electron chi connectivity index (χ1n) is 15.2. The van der Waals surface area contributed by atoms with Crippen LogP contribution in [0.15, 0.2) is 115 Å². The summed E-state index contributed by atoms with van der Waals surface area (Å²) in [6.07, 6.45) is -5.53. The predicted octanol–water partition coefficient (Wildman–Crippen LogP) is 6.76. The Hall–Kier alpha value is -5.12. The lowest BCUT2D eigenvalue weighted by Gasteiger charge is -2.37. The highest BCUT2D eigenvalue weighted by atomic mass is 19.4. The van der Waals surface area contributed by atoms with Gasteiger partial charge in [0.2, 0.25) is 11.8 Å². The van der Waals surface area contributed by atoms with Gasteiger partial charge in [-0.25, -0.2) is 4.79 Å². The highest BCUT2D eigenvalue weighted by Gasteiger charge is 2.39. The van der Waals surface area contributed by atoms with Crippen molar-refractivity contribution in [3.63, 3.8) is 0 Å². The lowest BCUT2D eigenvalue weighted by molar-refractivity contribution is -0.137. The SMILES string of the molecule is CC(C)(C)OC(=O)N[C@H](CC(=O)NC(c1ccccc1)(c1ccccc1)c1ccccc1)C(=O)NCCc1ccc(C(F)(F)F)cc1. The highest BCUT2D eigenvalue weighted by Crippen LogP contribution is 2.37. The molecule has 4 rings (SSSR count). The summed E-state index contributed by atoms with van der Waals surface area (Å²) in [4.78, 5) is 40.2. The van der Waals surface area contributed by atoms with Crippen LogP contribution < -0.4 is 16.0 Å². The van der Waals surface area contributed by atoms with Gasteiger partial charge in [0, 0.05) is 6.54 Å². The van der Waals surface area contributed by atoms with E-state index in [0.29, 0.717) is 5.56 Å². The van der Waals surface area contributed by atoms with Gasteiger partial charge < -0.3 is 20.7 Å². The summed E-state index contributed by atoms with van der Waals surface area (Å²) >= 11 is 0. The third-order valence-corrected chi connectivity index (χ3v) is 7.34. The average Bonchev–Trinajstić information content (AvgIpc) is 3.03. The van der Waals surface area contributed by atoms with E-state index in [1.54, 1.807) is 20.8 Å². The van der Waals surface area contributed by atoms with E-state index in [-0.39, 0.29) is 13.0 Å². The van der Waals surface area contributed by atoms with Gasteiger partial charge in [-0.05, 0) is 61.6 Å². The van der Waals surface area contributed by atoms with Gasteiger partial charge in [-0.1, -0.05) is 103 Å². The molecule has 47 heavy (non-hydrogen) atoms. The molecule has 3 N–H and O–H groups in total. The summed E-state index contributed by atoms with van der Waals surface area (Å²) in [6, 6.07) is 31.6. The van der Waals surface area contributed by atoms with Crippen molar-refractivity contribution in [2.75, 3.05) is 6.54 Å². The minimum atomic E-state index is -4.45. The highest BCUT2D eigenvalue weighted by molar-refractivity contribution is 5.91. The summed E-state index contributed by atoms with van der Waals surface area (Å²) in [5.41, 5.74) is 0.145. The molecule has 4 aromatic rings. The smallest absolute Gasteiger partial charge is 0.416 e. The molecule has 0 saturated carbocycles. The molecule has 246 valence electrons. The fourth-order valence-electron chi connectivity index (χ4n) is 5.20. The minimum Gasteiger partial charge on any atom is -0.444 e. The van der Waals surface area contributed by atoms with Crippen molar-refractivity contribution in [1.29, 1.82) is 0 Å². The number of hydrogen-bond acceptors (Lipinski definition) is 4. The molecule has 0 aromatic heterocycles. The number of ether oxygens (including phenoxy) is 1. The van der Waals surface area contributed by atoms with Gasteiger partial charge in [-0.15, -0.1) is 0 Å². The number of rotatable bonds is 11. The Bertz CT molecular complexity index is 1530. The molecule has 3 amide bonds. The minimum absolute atomic E-state index is 0.0559. The Labute approximate surface area is 272 Å².